The topological polar surface area (TPSA) is 42.2 Å². The fourth-order valence-corrected chi connectivity index (χ4v) is 4.08. The molecule has 0 atom stereocenters. The van der Waals surface area contributed by atoms with Gasteiger partial charge in [0, 0.05) is 17.8 Å². The van der Waals surface area contributed by atoms with Crippen LogP contribution >= 0.6 is 0 Å². The van der Waals surface area contributed by atoms with E-state index in [1.807, 2.05) is 0 Å². The Morgan fingerprint density at radius 2 is 1.42 bits per heavy atom. The summed E-state index contributed by atoms with van der Waals surface area (Å²) in [5, 5.41) is 8.98. The van der Waals surface area contributed by atoms with E-state index in [0.717, 1.165) is 38.9 Å². The van der Waals surface area contributed by atoms with Gasteiger partial charge in [-0.25, -0.2) is 0 Å². The first-order valence-electron chi connectivity index (χ1n) is 10.5. The summed E-state index contributed by atoms with van der Waals surface area (Å²) in [5.74, 6) is 1.37. The average Bonchev–Trinajstić information content (AvgIpc) is 2.64. The lowest BCUT2D eigenvalue weighted by Crippen LogP contribution is -2.38. The lowest BCUT2D eigenvalue weighted by molar-refractivity contribution is -0.229. The summed E-state index contributed by atoms with van der Waals surface area (Å²) in [6.45, 7) is 4.02. The van der Waals surface area contributed by atoms with Crippen LogP contribution in [0.3, 0.4) is 0 Å². The molecule has 1 saturated heterocycles. The molecule has 1 saturated carbocycles. The molecule has 138 valence electrons. The van der Waals surface area contributed by atoms with Gasteiger partial charge in [-0.3, -0.25) is 0 Å². The summed E-state index contributed by atoms with van der Waals surface area (Å²) in [6.07, 6.45) is 16.5. The van der Waals surface area contributed by atoms with Crippen molar-refractivity contribution in [3.63, 3.8) is 0 Å². The molecule has 2 aliphatic rings. The molecule has 1 aliphatic carbocycles. The van der Waals surface area contributed by atoms with Gasteiger partial charge in [0.15, 0.2) is 6.29 Å². The Hall–Kier alpha value is -0.590. The van der Waals surface area contributed by atoms with Gasteiger partial charge in [0.2, 0.25) is 0 Å². The summed E-state index contributed by atoms with van der Waals surface area (Å²) in [6, 6.07) is 2.40. The van der Waals surface area contributed by atoms with Gasteiger partial charge in [0.25, 0.3) is 0 Å². The second kappa shape index (κ2) is 11.9. The van der Waals surface area contributed by atoms with E-state index in [4.69, 9.17) is 14.7 Å². The van der Waals surface area contributed by atoms with Crippen LogP contribution in [0.5, 0.6) is 0 Å². The zero-order valence-electron chi connectivity index (χ0n) is 15.7. The van der Waals surface area contributed by atoms with Gasteiger partial charge in [-0.2, -0.15) is 5.26 Å². The van der Waals surface area contributed by atoms with Crippen LogP contribution in [0.1, 0.15) is 90.4 Å². The molecular formula is C21H37NO2. The minimum absolute atomic E-state index is 0.000501. The molecule has 0 aromatic rings. The van der Waals surface area contributed by atoms with Crippen molar-refractivity contribution in [2.75, 3.05) is 13.2 Å². The standard InChI is InChI=1S/C21H37NO2/c1-2-3-4-5-6-7-8-9-10-19-16-23-21(24-17-19)20-13-11-18(15-22)12-14-20/h18-21H,2-14,16-17H2,1H3/t18?,19-,20?,21-. The number of nitrogens with zero attached hydrogens (tertiary/aromatic N) is 1. The molecule has 0 unspecified atom stereocenters. The van der Waals surface area contributed by atoms with Crippen LogP contribution in [-0.4, -0.2) is 19.5 Å². The normalized spacial score (nSPS) is 30.8. The predicted octanol–water partition coefficient (Wildman–Crippen LogP) is 5.84. The monoisotopic (exact) mass is 335 g/mol. The van der Waals surface area contributed by atoms with E-state index in [9.17, 15) is 0 Å². The Kier molecular flexibility index (Phi) is 9.76. The third kappa shape index (κ3) is 7.11. The predicted molar refractivity (Wildman–Crippen MR) is 97.5 cm³/mol. The SMILES string of the molecule is CCCCCCCCCC[C@H]1CO[C@H](C2CCC(C#N)CC2)OC1. The van der Waals surface area contributed by atoms with Crippen molar-refractivity contribution in [3.8, 4) is 6.07 Å². The molecule has 0 aromatic carbocycles. The van der Waals surface area contributed by atoms with E-state index < -0.39 is 0 Å². The minimum atomic E-state index is -0.000501. The zero-order valence-corrected chi connectivity index (χ0v) is 15.7. The summed E-state index contributed by atoms with van der Waals surface area (Å²) in [4.78, 5) is 0. The number of unbranched alkanes of at least 4 members (excludes halogenated alkanes) is 7. The molecule has 1 heterocycles. The van der Waals surface area contributed by atoms with Crippen LogP contribution in [0.15, 0.2) is 0 Å². The molecule has 0 N–H and O–H groups in total. The molecule has 0 spiro atoms. The lowest BCUT2D eigenvalue weighted by Gasteiger charge is -2.36. The van der Waals surface area contributed by atoms with E-state index in [0.29, 0.717) is 11.8 Å². The highest BCUT2D eigenvalue weighted by Crippen LogP contribution is 2.34. The average molecular weight is 336 g/mol. The number of hydrogen-bond donors (Lipinski definition) is 0. The van der Waals surface area contributed by atoms with E-state index in [2.05, 4.69) is 13.0 Å². The lowest BCUT2D eigenvalue weighted by atomic mass is 9.82. The smallest absolute Gasteiger partial charge is 0.160 e. The summed E-state index contributed by atoms with van der Waals surface area (Å²) in [5.41, 5.74) is 0. The molecular weight excluding hydrogens is 298 g/mol. The highest BCUT2D eigenvalue weighted by atomic mass is 16.7. The largest absolute Gasteiger partial charge is 0.352 e. The maximum Gasteiger partial charge on any atom is 0.160 e. The molecule has 2 fully saturated rings. The number of hydrogen-bond acceptors (Lipinski definition) is 3. The second-order valence-corrected chi connectivity index (χ2v) is 7.91. The number of nitriles is 1. The maximum atomic E-state index is 8.98. The van der Waals surface area contributed by atoms with Crippen molar-refractivity contribution in [1.82, 2.24) is 0 Å². The van der Waals surface area contributed by atoms with Crippen LogP contribution in [0.25, 0.3) is 0 Å². The van der Waals surface area contributed by atoms with Gasteiger partial charge < -0.3 is 9.47 Å². The van der Waals surface area contributed by atoms with Gasteiger partial charge in [-0.1, -0.05) is 58.3 Å². The first kappa shape index (κ1) is 19.7. The zero-order chi connectivity index (χ0) is 17.0. The van der Waals surface area contributed by atoms with Crippen LogP contribution in [-0.2, 0) is 9.47 Å². The fourth-order valence-electron chi connectivity index (χ4n) is 4.08. The molecule has 24 heavy (non-hydrogen) atoms. The fraction of sp³-hybridized carbons (Fsp3) is 0.952. The molecule has 3 nitrogen and oxygen atoms in total. The Labute approximate surface area is 149 Å². The van der Waals surface area contributed by atoms with Crippen molar-refractivity contribution in [1.29, 1.82) is 5.26 Å². The maximum absolute atomic E-state index is 8.98. The Bertz CT molecular complexity index is 349. The highest BCUT2D eigenvalue weighted by Gasteiger charge is 2.32. The molecule has 0 amide bonds. The molecule has 0 bridgehead atoms. The van der Waals surface area contributed by atoms with E-state index in [1.54, 1.807) is 0 Å². The van der Waals surface area contributed by atoms with Crippen LogP contribution in [0.2, 0.25) is 0 Å². The van der Waals surface area contributed by atoms with E-state index in [1.165, 1.54) is 57.8 Å². The van der Waals surface area contributed by atoms with Gasteiger partial charge >= 0.3 is 0 Å². The van der Waals surface area contributed by atoms with Crippen LogP contribution < -0.4 is 0 Å². The minimum Gasteiger partial charge on any atom is -0.352 e. The van der Waals surface area contributed by atoms with Gasteiger partial charge in [-0.15, -0.1) is 0 Å². The Morgan fingerprint density at radius 3 is 2.00 bits per heavy atom. The molecule has 1 aliphatic heterocycles. The highest BCUT2D eigenvalue weighted by molar-refractivity contribution is 4.88. The first-order valence-corrected chi connectivity index (χ1v) is 10.5. The number of rotatable bonds is 10. The van der Waals surface area contributed by atoms with Crippen LogP contribution in [0, 0.1) is 29.1 Å². The molecule has 0 aromatic heterocycles. The third-order valence-corrected chi connectivity index (χ3v) is 5.80. The Morgan fingerprint density at radius 1 is 0.833 bits per heavy atom. The van der Waals surface area contributed by atoms with Gasteiger partial charge in [0.1, 0.15) is 0 Å². The van der Waals surface area contributed by atoms with Crippen molar-refractivity contribution in [3.05, 3.63) is 0 Å². The summed E-state index contributed by atoms with van der Waals surface area (Å²) < 4.78 is 12.0. The first-order chi connectivity index (χ1) is 11.8. The molecule has 0 radical (unpaired) electrons. The quantitative estimate of drug-likeness (QED) is 0.471. The molecule has 3 heteroatoms. The van der Waals surface area contributed by atoms with Crippen LogP contribution in [0.4, 0.5) is 0 Å². The third-order valence-electron chi connectivity index (χ3n) is 5.80. The summed E-state index contributed by atoms with van der Waals surface area (Å²) in [7, 11) is 0. The van der Waals surface area contributed by atoms with E-state index in [-0.39, 0.29) is 12.2 Å². The van der Waals surface area contributed by atoms with Gasteiger partial charge in [0.05, 0.1) is 19.3 Å². The second-order valence-electron chi connectivity index (χ2n) is 7.91. The van der Waals surface area contributed by atoms with E-state index >= 15 is 0 Å². The molecule has 2 rings (SSSR count). The van der Waals surface area contributed by atoms with Gasteiger partial charge in [-0.05, 0) is 32.1 Å². The van der Waals surface area contributed by atoms with Crippen molar-refractivity contribution in [2.24, 2.45) is 17.8 Å². The van der Waals surface area contributed by atoms with Crippen molar-refractivity contribution in [2.45, 2.75) is 96.7 Å². The summed E-state index contributed by atoms with van der Waals surface area (Å²) >= 11 is 0. The number of ether oxygens (including phenoxy) is 2. The van der Waals surface area contributed by atoms with Crippen molar-refractivity contribution < 1.29 is 9.47 Å². The van der Waals surface area contributed by atoms with Crippen molar-refractivity contribution >= 4 is 0 Å². The Balaban J connectivity index is 1.47.